The van der Waals surface area contributed by atoms with Crippen LogP contribution in [0.25, 0.3) is 0 Å². The van der Waals surface area contributed by atoms with E-state index in [1.54, 1.807) is 30.3 Å². The van der Waals surface area contributed by atoms with Crippen molar-refractivity contribution in [2.24, 2.45) is 28.9 Å². The maximum absolute atomic E-state index is 13.0. The Labute approximate surface area is 293 Å². The van der Waals surface area contributed by atoms with Gasteiger partial charge in [0.25, 0.3) is 5.91 Å². The zero-order valence-electron chi connectivity index (χ0n) is 29.0. The lowest BCUT2D eigenvalue weighted by molar-refractivity contribution is -0.116. The van der Waals surface area contributed by atoms with Gasteiger partial charge in [0.1, 0.15) is 5.75 Å². The van der Waals surface area contributed by atoms with Gasteiger partial charge in [-0.05, 0) is 61.6 Å². The standard InChI is InChI=1S/C35H52N12O3/c1-21(2)6-4-3-5-7-31(49)40-28-12-13-29(30(48)16-28)32(50)41-26-8-10-27(11-9-26)42-33-43-34(46-17-22(36)14-23(37)18-46)45-35(44-33)47-19-24(38)15-25(39)20-47/h8-13,16,21-25,48H,3-7,14-15,17-20,36-39H2,1-2H3,(H,40,49)(H,41,50)(H,42,43,44,45)/t22-,23+,24-,25+. The van der Waals surface area contributed by atoms with Crippen LogP contribution in [-0.4, -0.2) is 82.2 Å². The molecule has 2 amide bonds. The third kappa shape index (κ3) is 10.5. The lowest BCUT2D eigenvalue weighted by Gasteiger charge is -2.37. The number of nitrogens with two attached hydrogens (primary N) is 4. The van der Waals surface area contributed by atoms with E-state index in [1.807, 2.05) is 9.80 Å². The molecular weight excluding hydrogens is 636 g/mol. The van der Waals surface area contributed by atoms with E-state index in [0.29, 0.717) is 73.4 Å². The number of phenolic OH excluding ortho intramolecular Hbond substituents is 1. The number of unbranched alkanes of at least 4 members (excludes halogenated alkanes) is 2. The molecule has 2 fully saturated rings. The summed E-state index contributed by atoms with van der Waals surface area (Å²) in [5.74, 6) is 1.06. The first-order chi connectivity index (χ1) is 23.9. The highest BCUT2D eigenvalue weighted by Gasteiger charge is 2.29. The van der Waals surface area contributed by atoms with Crippen LogP contribution in [0.3, 0.4) is 0 Å². The lowest BCUT2D eigenvalue weighted by atomic mass is 10.0. The predicted molar refractivity (Wildman–Crippen MR) is 198 cm³/mol. The van der Waals surface area contributed by atoms with Crippen molar-refractivity contribution in [2.45, 2.75) is 83.0 Å². The van der Waals surface area contributed by atoms with Gasteiger partial charge in [-0.1, -0.05) is 33.1 Å². The van der Waals surface area contributed by atoms with Gasteiger partial charge in [0.15, 0.2) is 0 Å². The molecule has 2 aliphatic heterocycles. The Kier molecular flexibility index (Phi) is 12.4. The van der Waals surface area contributed by atoms with Gasteiger partial charge in [0, 0.05) is 79.9 Å². The molecule has 0 unspecified atom stereocenters. The lowest BCUT2D eigenvalue weighted by Crippen LogP contribution is -2.54. The van der Waals surface area contributed by atoms with Crippen molar-refractivity contribution in [1.29, 1.82) is 0 Å². The molecule has 0 saturated carbocycles. The van der Waals surface area contributed by atoms with E-state index >= 15 is 0 Å². The summed E-state index contributed by atoms with van der Waals surface area (Å²) in [6, 6.07) is 11.1. The van der Waals surface area contributed by atoms with E-state index in [2.05, 4.69) is 29.8 Å². The molecule has 15 nitrogen and oxygen atoms in total. The van der Waals surface area contributed by atoms with Gasteiger partial charge in [-0.15, -0.1) is 0 Å². The van der Waals surface area contributed by atoms with E-state index < -0.39 is 5.91 Å². The molecule has 2 aromatic carbocycles. The quantitative estimate of drug-likeness (QED) is 0.121. The Balaban J connectivity index is 1.22. The minimum Gasteiger partial charge on any atom is -0.507 e. The van der Waals surface area contributed by atoms with Gasteiger partial charge in [0.2, 0.25) is 23.8 Å². The van der Waals surface area contributed by atoms with Gasteiger partial charge in [-0.2, -0.15) is 15.0 Å². The molecule has 0 spiro atoms. The second-order valence-electron chi connectivity index (χ2n) is 14.0. The number of phenols is 1. The smallest absolute Gasteiger partial charge is 0.259 e. The molecule has 12 N–H and O–H groups in total. The highest BCUT2D eigenvalue weighted by molar-refractivity contribution is 6.06. The van der Waals surface area contributed by atoms with Gasteiger partial charge >= 0.3 is 0 Å². The Morgan fingerprint density at radius 1 is 0.760 bits per heavy atom. The average molecular weight is 689 g/mol. The summed E-state index contributed by atoms with van der Waals surface area (Å²) in [4.78, 5) is 43.5. The molecule has 0 aliphatic carbocycles. The number of piperidine rings is 2. The average Bonchev–Trinajstić information content (AvgIpc) is 3.04. The molecular formula is C35H52N12O3. The number of hydrogen-bond acceptors (Lipinski definition) is 13. The van der Waals surface area contributed by atoms with Crippen LogP contribution in [0.15, 0.2) is 42.5 Å². The number of benzene rings is 2. The van der Waals surface area contributed by atoms with Gasteiger partial charge in [-0.3, -0.25) is 9.59 Å². The fourth-order valence-electron chi connectivity index (χ4n) is 6.38. The molecule has 270 valence electrons. The Bertz CT molecular complexity index is 1540. The highest BCUT2D eigenvalue weighted by atomic mass is 16.3. The minimum absolute atomic E-state index is 0.0819. The molecule has 2 aliphatic rings. The van der Waals surface area contributed by atoms with Crippen LogP contribution in [0.5, 0.6) is 5.75 Å². The van der Waals surface area contributed by atoms with Crippen molar-refractivity contribution in [1.82, 2.24) is 15.0 Å². The van der Waals surface area contributed by atoms with Crippen LogP contribution in [0.2, 0.25) is 0 Å². The monoisotopic (exact) mass is 688 g/mol. The fourth-order valence-corrected chi connectivity index (χ4v) is 6.38. The van der Waals surface area contributed by atoms with Crippen LogP contribution < -0.4 is 48.7 Å². The van der Waals surface area contributed by atoms with Crippen LogP contribution >= 0.6 is 0 Å². The second kappa shape index (κ2) is 16.9. The molecule has 15 heteroatoms. The molecule has 0 bridgehead atoms. The van der Waals surface area contributed by atoms with Crippen molar-refractivity contribution in [3.63, 3.8) is 0 Å². The summed E-state index contributed by atoms with van der Waals surface area (Å²) in [6.45, 7) is 6.64. The topological polar surface area (TPSA) is 240 Å². The summed E-state index contributed by atoms with van der Waals surface area (Å²) in [5.41, 5.74) is 26.8. The first kappa shape index (κ1) is 36.7. The Morgan fingerprint density at radius 3 is 1.84 bits per heavy atom. The number of hydrogen-bond donors (Lipinski definition) is 8. The summed E-state index contributed by atoms with van der Waals surface area (Å²) in [7, 11) is 0. The Morgan fingerprint density at radius 2 is 1.30 bits per heavy atom. The van der Waals surface area contributed by atoms with E-state index in [9.17, 15) is 14.7 Å². The van der Waals surface area contributed by atoms with Crippen molar-refractivity contribution in [3.8, 4) is 5.75 Å². The third-order valence-corrected chi connectivity index (χ3v) is 8.82. The SMILES string of the molecule is CC(C)CCCCCC(=O)Nc1ccc(C(=O)Nc2ccc(Nc3nc(N4C[C@H](N)C[C@H](N)C4)nc(N4C[C@H](N)C[C@H](N)C4)n3)cc2)c(O)c1. The summed E-state index contributed by atoms with van der Waals surface area (Å²) >= 11 is 0. The molecule has 0 radical (unpaired) electrons. The first-order valence-corrected chi connectivity index (χ1v) is 17.5. The number of aromatic nitrogens is 3. The van der Waals surface area contributed by atoms with Crippen molar-refractivity contribution >= 4 is 46.7 Å². The molecule has 5 rings (SSSR count). The van der Waals surface area contributed by atoms with Crippen molar-refractivity contribution in [3.05, 3.63) is 48.0 Å². The molecule has 3 aromatic rings. The molecule has 3 heterocycles. The second-order valence-corrected chi connectivity index (χ2v) is 14.0. The molecule has 2 saturated heterocycles. The molecule has 4 atom stereocenters. The fraction of sp³-hybridized carbons (Fsp3) is 0.514. The highest BCUT2D eigenvalue weighted by Crippen LogP contribution is 2.26. The predicted octanol–water partition coefficient (Wildman–Crippen LogP) is 2.85. The maximum atomic E-state index is 13.0. The van der Waals surface area contributed by atoms with E-state index in [4.69, 9.17) is 37.9 Å². The van der Waals surface area contributed by atoms with E-state index in [0.717, 1.165) is 38.5 Å². The van der Waals surface area contributed by atoms with Gasteiger partial charge in [-0.25, -0.2) is 0 Å². The number of anilines is 6. The minimum atomic E-state index is -0.492. The number of amides is 2. The summed E-state index contributed by atoms with van der Waals surface area (Å²) in [6.07, 6.45) is 5.92. The largest absolute Gasteiger partial charge is 0.507 e. The van der Waals surface area contributed by atoms with Crippen LogP contribution in [-0.2, 0) is 4.79 Å². The number of nitrogens with one attached hydrogen (secondary N) is 3. The van der Waals surface area contributed by atoms with Crippen molar-refractivity contribution < 1.29 is 14.7 Å². The molecule has 1 aromatic heterocycles. The number of carbonyl (C=O) groups excluding carboxylic acids is 2. The Hall–Kier alpha value is -4.57. The van der Waals surface area contributed by atoms with Crippen LogP contribution in [0, 0.1) is 5.92 Å². The number of aromatic hydroxyl groups is 1. The zero-order valence-corrected chi connectivity index (χ0v) is 29.0. The van der Waals surface area contributed by atoms with Crippen LogP contribution in [0.4, 0.5) is 34.9 Å². The number of nitrogens with zero attached hydrogens (tertiary/aromatic N) is 5. The first-order valence-electron chi connectivity index (χ1n) is 17.5. The van der Waals surface area contributed by atoms with Crippen LogP contribution in [0.1, 0.15) is 69.2 Å². The normalized spacial score (nSPS) is 20.9. The zero-order chi connectivity index (χ0) is 35.8. The number of rotatable bonds is 13. The summed E-state index contributed by atoms with van der Waals surface area (Å²) < 4.78 is 0. The van der Waals surface area contributed by atoms with E-state index in [-0.39, 0.29) is 41.4 Å². The van der Waals surface area contributed by atoms with Gasteiger partial charge < -0.3 is 53.8 Å². The summed E-state index contributed by atoms with van der Waals surface area (Å²) in [5, 5.41) is 19.4. The number of carbonyl (C=O) groups is 2. The van der Waals surface area contributed by atoms with Crippen molar-refractivity contribution in [2.75, 3.05) is 51.9 Å². The maximum Gasteiger partial charge on any atom is 0.259 e. The van der Waals surface area contributed by atoms with Gasteiger partial charge in [0.05, 0.1) is 5.56 Å². The molecule has 50 heavy (non-hydrogen) atoms. The third-order valence-electron chi connectivity index (χ3n) is 8.82. The van der Waals surface area contributed by atoms with E-state index in [1.165, 1.54) is 12.1 Å².